The van der Waals surface area contributed by atoms with Crippen molar-refractivity contribution in [2.75, 3.05) is 7.11 Å². The fraction of sp³-hybridized carbons (Fsp3) is 0.214. The maximum absolute atomic E-state index is 11.5. The molecule has 0 unspecified atom stereocenters. The van der Waals surface area contributed by atoms with Crippen LogP contribution in [0.2, 0.25) is 0 Å². The molecule has 100 valence electrons. The zero-order valence-corrected chi connectivity index (χ0v) is 11.6. The Labute approximate surface area is 113 Å². The largest absolute Gasteiger partial charge is 0.296 e. The van der Waals surface area contributed by atoms with E-state index < -0.39 is 10.1 Å². The van der Waals surface area contributed by atoms with Crippen LogP contribution < -0.4 is 0 Å². The lowest BCUT2D eigenvalue weighted by Gasteiger charge is -2.04. The highest BCUT2D eigenvalue weighted by Crippen LogP contribution is 2.15. The lowest BCUT2D eigenvalue weighted by Crippen LogP contribution is -2.02. The van der Waals surface area contributed by atoms with E-state index in [0.717, 1.165) is 30.4 Å². The Morgan fingerprint density at radius 1 is 1.05 bits per heavy atom. The highest BCUT2D eigenvalue weighted by atomic mass is 32.2. The van der Waals surface area contributed by atoms with Gasteiger partial charge in [0.25, 0.3) is 10.1 Å². The first-order valence-corrected chi connectivity index (χ1v) is 7.23. The first-order valence-electron chi connectivity index (χ1n) is 5.82. The summed E-state index contributed by atoms with van der Waals surface area (Å²) in [6.45, 7) is 1.94. The summed E-state index contributed by atoms with van der Waals surface area (Å²) in [6.07, 6.45) is 2.55. The van der Waals surface area contributed by atoms with Crippen LogP contribution in [0.25, 0.3) is 0 Å². The smallest absolute Gasteiger partial charge is 0.270 e. The molecule has 1 aromatic heterocycles. The molecule has 4 nitrogen and oxygen atoms in total. The Kier molecular flexibility index (Phi) is 3.97. The highest BCUT2D eigenvalue weighted by molar-refractivity contribution is 7.86. The molecule has 2 aromatic rings. The summed E-state index contributed by atoms with van der Waals surface area (Å²) < 4.78 is 27.4. The predicted molar refractivity (Wildman–Crippen MR) is 72.4 cm³/mol. The molecule has 0 bridgehead atoms. The van der Waals surface area contributed by atoms with E-state index >= 15 is 0 Å². The highest BCUT2D eigenvalue weighted by Gasteiger charge is 2.12. The second kappa shape index (κ2) is 5.50. The van der Waals surface area contributed by atoms with Crippen LogP contribution in [0.4, 0.5) is 0 Å². The van der Waals surface area contributed by atoms with Crippen molar-refractivity contribution >= 4 is 10.1 Å². The fourth-order valence-electron chi connectivity index (χ4n) is 1.71. The average Bonchev–Trinajstić information content (AvgIpc) is 2.42. The summed E-state index contributed by atoms with van der Waals surface area (Å²) in [4.78, 5) is 4.40. The zero-order valence-electron chi connectivity index (χ0n) is 10.8. The number of nitrogens with zero attached hydrogens (tertiary/aromatic N) is 1. The SMILES string of the molecule is COS(=O)(=O)c1ccc(Cc2ccc(C)nc2)cc1. The van der Waals surface area contributed by atoms with Crippen LogP contribution >= 0.6 is 0 Å². The molecule has 0 amide bonds. The molecule has 0 aliphatic heterocycles. The summed E-state index contributed by atoms with van der Waals surface area (Å²) in [5, 5.41) is 0. The van der Waals surface area contributed by atoms with Crippen molar-refractivity contribution in [1.82, 2.24) is 4.98 Å². The van der Waals surface area contributed by atoms with Crippen molar-refractivity contribution in [3.05, 3.63) is 59.4 Å². The number of benzene rings is 1. The van der Waals surface area contributed by atoms with E-state index in [9.17, 15) is 8.42 Å². The molecule has 0 saturated heterocycles. The molecule has 0 aliphatic carbocycles. The Hall–Kier alpha value is -1.72. The maximum Gasteiger partial charge on any atom is 0.296 e. The summed E-state index contributed by atoms with van der Waals surface area (Å²) in [6, 6.07) is 10.6. The fourth-order valence-corrected chi connectivity index (χ4v) is 2.37. The zero-order chi connectivity index (χ0) is 13.9. The topological polar surface area (TPSA) is 56.3 Å². The monoisotopic (exact) mass is 277 g/mol. The molecule has 1 aromatic carbocycles. The Morgan fingerprint density at radius 2 is 1.68 bits per heavy atom. The second-order valence-electron chi connectivity index (χ2n) is 4.25. The van der Waals surface area contributed by atoms with Gasteiger partial charge in [0.05, 0.1) is 12.0 Å². The Morgan fingerprint density at radius 3 is 2.21 bits per heavy atom. The van der Waals surface area contributed by atoms with Gasteiger partial charge in [-0.3, -0.25) is 9.17 Å². The van der Waals surface area contributed by atoms with Crippen LogP contribution in [0.5, 0.6) is 0 Å². The molecule has 0 aliphatic rings. The summed E-state index contributed by atoms with van der Waals surface area (Å²) in [5.74, 6) is 0. The molecule has 0 saturated carbocycles. The molecule has 0 spiro atoms. The van der Waals surface area contributed by atoms with Gasteiger partial charge in [0.15, 0.2) is 0 Å². The van der Waals surface area contributed by atoms with E-state index in [1.807, 2.05) is 25.3 Å². The normalized spacial score (nSPS) is 11.5. The van der Waals surface area contributed by atoms with Crippen LogP contribution in [0.1, 0.15) is 16.8 Å². The van der Waals surface area contributed by atoms with E-state index in [1.54, 1.807) is 24.3 Å². The minimum atomic E-state index is -3.61. The van der Waals surface area contributed by atoms with Crippen LogP contribution in [0.15, 0.2) is 47.5 Å². The van der Waals surface area contributed by atoms with Gasteiger partial charge in [0, 0.05) is 11.9 Å². The van der Waals surface area contributed by atoms with Crippen molar-refractivity contribution in [3.8, 4) is 0 Å². The number of rotatable bonds is 4. The third kappa shape index (κ3) is 3.39. The number of hydrogen-bond acceptors (Lipinski definition) is 4. The molecular formula is C14H15NO3S. The third-order valence-corrected chi connectivity index (χ3v) is 4.10. The molecule has 19 heavy (non-hydrogen) atoms. The molecular weight excluding hydrogens is 262 g/mol. The minimum absolute atomic E-state index is 0.167. The summed E-state index contributed by atoms with van der Waals surface area (Å²) >= 11 is 0. The first-order chi connectivity index (χ1) is 9.01. The van der Waals surface area contributed by atoms with Gasteiger partial charge >= 0.3 is 0 Å². The van der Waals surface area contributed by atoms with Crippen molar-refractivity contribution in [3.63, 3.8) is 0 Å². The third-order valence-electron chi connectivity index (χ3n) is 2.81. The lowest BCUT2D eigenvalue weighted by atomic mass is 10.1. The standard InChI is InChI=1S/C14H15NO3S/c1-11-3-4-13(10-15-11)9-12-5-7-14(8-6-12)19(16,17)18-2/h3-8,10H,9H2,1-2H3. The number of aromatic nitrogens is 1. The van der Waals surface area contributed by atoms with Gasteiger partial charge in [-0.15, -0.1) is 0 Å². The molecule has 0 atom stereocenters. The van der Waals surface area contributed by atoms with Crippen LogP contribution in [0, 0.1) is 6.92 Å². The van der Waals surface area contributed by atoms with E-state index in [2.05, 4.69) is 9.17 Å². The van der Waals surface area contributed by atoms with Gasteiger partial charge in [-0.05, 0) is 42.7 Å². The molecule has 2 rings (SSSR count). The van der Waals surface area contributed by atoms with Crippen LogP contribution in [0.3, 0.4) is 0 Å². The predicted octanol–water partition coefficient (Wildman–Crippen LogP) is 2.32. The van der Waals surface area contributed by atoms with Crippen LogP contribution in [-0.2, 0) is 20.7 Å². The molecule has 0 fully saturated rings. The maximum atomic E-state index is 11.5. The lowest BCUT2D eigenvalue weighted by molar-refractivity contribution is 0.398. The van der Waals surface area contributed by atoms with Gasteiger partial charge in [-0.2, -0.15) is 8.42 Å². The van der Waals surface area contributed by atoms with Crippen molar-refractivity contribution in [2.24, 2.45) is 0 Å². The minimum Gasteiger partial charge on any atom is -0.270 e. The van der Waals surface area contributed by atoms with Gasteiger partial charge in [0.1, 0.15) is 0 Å². The number of hydrogen-bond donors (Lipinski definition) is 0. The van der Waals surface area contributed by atoms with Crippen molar-refractivity contribution in [2.45, 2.75) is 18.2 Å². The molecule has 0 N–H and O–H groups in total. The first kappa shape index (κ1) is 13.7. The van der Waals surface area contributed by atoms with Crippen molar-refractivity contribution < 1.29 is 12.6 Å². The average molecular weight is 277 g/mol. The van der Waals surface area contributed by atoms with Gasteiger partial charge in [-0.25, -0.2) is 0 Å². The number of aryl methyl sites for hydroxylation is 1. The quantitative estimate of drug-likeness (QED) is 0.805. The van der Waals surface area contributed by atoms with E-state index in [-0.39, 0.29) is 4.90 Å². The van der Waals surface area contributed by atoms with Gasteiger partial charge < -0.3 is 0 Å². The van der Waals surface area contributed by atoms with E-state index in [1.165, 1.54) is 0 Å². The second-order valence-corrected chi connectivity index (χ2v) is 5.96. The van der Waals surface area contributed by atoms with E-state index in [0.29, 0.717) is 0 Å². The van der Waals surface area contributed by atoms with Gasteiger partial charge in [-0.1, -0.05) is 18.2 Å². The molecule has 1 heterocycles. The number of pyridine rings is 1. The Bertz CT molecular complexity index is 646. The summed E-state index contributed by atoms with van der Waals surface area (Å²) in [7, 11) is -2.45. The molecule has 5 heteroatoms. The summed E-state index contributed by atoms with van der Waals surface area (Å²) in [5.41, 5.74) is 3.10. The van der Waals surface area contributed by atoms with E-state index in [4.69, 9.17) is 0 Å². The molecule has 0 radical (unpaired) electrons. The van der Waals surface area contributed by atoms with Gasteiger partial charge in [0.2, 0.25) is 0 Å². The Balaban J connectivity index is 2.17. The van der Waals surface area contributed by atoms with Crippen molar-refractivity contribution in [1.29, 1.82) is 0 Å². The van der Waals surface area contributed by atoms with Crippen LogP contribution in [-0.4, -0.2) is 20.5 Å².